The number of hydrogen-bond donors (Lipinski definition) is 4. The molecule has 2 aliphatic heterocycles. The number of allylic oxidation sites excluding steroid dienone is 1. The van der Waals surface area contributed by atoms with Gasteiger partial charge in [0, 0.05) is 36.6 Å². The van der Waals surface area contributed by atoms with E-state index < -0.39 is 0 Å². The van der Waals surface area contributed by atoms with Gasteiger partial charge in [-0.3, -0.25) is 0 Å². The molecule has 2 aromatic rings. The second kappa shape index (κ2) is 7.49. The van der Waals surface area contributed by atoms with E-state index in [1.165, 1.54) is 27.8 Å². The minimum Gasteiger partial charge on any atom is -0.401 e. The molecule has 0 saturated carbocycles. The van der Waals surface area contributed by atoms with E-state index in [0.29, 0.717) is 0 Å². The third kappa shape index (κ3) is 3.71. The number of anilines is 1. The molecule has 4 rings (SSSR count). The van der Waals surface area contributed by atoms with E-state index in [2.05, 4.69) is 71.4 Å². The highest BCUT2D eigenvalue weighted by molar-refractivity contribution is 5.76. The molecule has 2 heterocycles. The van der Waals surface area contributed by atoms with E-state index in [9.17, 15) is 0 Å². The maximum atomic E-state index is 6.20. The van der Waals surface area contributed by atoms with Crippen LogP contribution in [0.15, 0.2) is 54.2 Å². The highest BCUT2D eigenvalue weighted by Crippen LogP contribution is 2.34. The normalized spacial score (nSPS) is 21.0. The molecule has 0 spiro atoms. The number of nitrogens with one attached hydrogen (secondary N) is 3. The molecule has 0 amide bonds. The van der Waals surface area contributed by atoms with Crippen molar-refractivity contribution in [1.82, 2.24) is 10.6 Å². The molecule has 2 aliphatic rings. The third-order valence-electron chi connectivity index (χ3n) is 5.36. The maximum absolute atomic E-state index is 6.20. The summed E-state index contributed by atoms with van der Waals surface area (Å²) in [7, 11) is 0. The Labute approximate surface area is 161 Å². The summed E-state index contributed by atoms with van der Waals surface area (Å²) in [4.78, 5) is 0. The van der Waals surface area contributed by atoms with Crippen molar-refractivity contribution in [3.8, 4) is 0 Å². The Hall–Kier alpha value is -2.72. The van der Waals surface area contributed by atoms with Gasteiger partial charge in [-0.25, -0.2) is 0 Å². The van der Waals surface area contributed by atoms with Gasteiger partial charge in [-0.15, -0.1) is 0 Å². The van der Waals surface area contributed by atoms with Crippen molar-refractivity contribution in [1.29, 1.82) is 0 Å². The summed E-state index contributed by atoms with van der Waals surface area (Å²) < 4.78 is 0. The monoisotopic (exact) mass is 360 g/mol. The smallest absolute Gasteiger partial charge is 0.0605 e. The maximum Gasteiger partial charge on any atom is 0.0605 e. The summed E-state index contributed by atoms with van der Waals surface area (Å²) >= 11 is 0. The van der Waals surface area contributed by atoms with Gasteiger partial charge in [-0.2, -0.15) is 0 Å². The molecule has 0 aromatic heterocycles. The molecular formula is C23H28N4. The number of fused-ring (bicyclic) bond motifs is 1. The molecule has 0 saturated heterocycles. The quantitative estimate of drug-likeness (QED) is 0.673. The van der Waals surface area contributed by atoms with E-state index >= 15 is 0 Å². The Balaban J connectivity index is 1.77. The molecule has 5 N–H and O–H groups in total. The molecule has 1 atom stereocenters. The zero-order valence-electron chi connectivity index (χ0n) is 16.1. The summed E-state index contributed by atoms with van der Waals surface area (Å²) in [5, 5.41) is 10.7. The largest absolute Gasteiger partial charge is 0.401 e. The Morgan fingerprint density at radius 1 is 1.19 bits per heavy atom. The van der Waals surface area contributed by atoms with Crippen molar-refractivity contribution in [3.63, 3.8) is 0 Å². The van der Waals surface area contributed by atoms with Crippen molar-refractivity contribution in [2.24, 2.45) is 5.73 Å². The van der Waals surface area contributed by atoms with E-state index in [1.54, 1.807) is 0 Å². The number of nitrogens with two attached hydrogens (primary N) is 1. The average molecular weight is 361 g/mol. The zero-order valence-corrected chi connectivity index (χ0v) is 16.1. The van der Waals surface area contributed by atoms with Crippen molar-refractivity contribution in [3.05, 3.63) is 76.5 Å². The Kier molecular flexibility index (Phi) is 4.90. The topological polar surface area (TPSA) is 62.1 Å². The van der Waals surface area contributed by atoms with Crippen LogP contribution in [-0.4, -0.2) is 19.6 Å². The Morgan fingerprint density at radius 3 is 2.81 bits per heavy atom. The van der Waals surface area contributed by atoms with E-state index in [1.807, 2.05) is 6.92 Å². The fourth-order valence-corrected chi connectivity index (χ4v) is 4.00. The van der Waals surface area contributed by atoms with E-state index in [-0.39, 0.29) is 6.04 Å². The average Bonchev–Trinajstić information content (AvgIpc) is 3.12. The summed E-state index contributed by atoms with van der Waals surface area (Å²) in [5.41, 5.74) is 15.7. The van der Waals surface area contributed by atoms with Crippen molar-refractivity contribution < 1.29 is 0 Å². The molecule has 140 valence electrons. The van der Waals surface area contributed by atoms with Crippen LogP contribution in [0.3, 0.4) is 0 Å². The van der Waals surface area contributed by atoms with Gasteiger partial charge >= 0.3 is 0 Å². The predicted molar refractivity (Wildman–Crippen MR) is 114 cm³/mol. The number of rotatable bonds is 3. The fourth-order valence-electron chi connectivity index (χ4n) is 4.00. The summed E-state index contributed by atoms with van der Waals surface area (Å²) in [6.45, 7) is 6.88. The van der Waals surface area contributed by atoms with Crippen molar-refractivity contribution in [2.75, 3.05) is 25.0 Å². The highest BCUT2D eigenvalue weighted by atomic mass is 15.0. The van der Waals surface area contributed by atoms with Crippen LogP contribution in [0.1, 0.15) is 41.6 Å². The molecule has 4 heteroatoms. The lowest BCUT2D eigenvalue weighted by Crippen LogP contribution is -2.16. The summed E-state index contributed by atoms with van der Waals surface area (Å²) in [6.07, 6.45) is 3.28. The van der Waals surface area contributed by atoms with Crippen LogP contribution in [-0.2, 0) is 0 Å². The van der Waals surface area contributed by atoms with Gasteiger partial charge in [-0.1, -0.05) is 30.3 Å². The first-order valence-corrected chi connectivity index (χ1v) is 9.69. The van der Waals surface area contributed by atoms with Crippen LogP contribution < -0.4 is 21.7 Å². The standard InChI is InChI=1S/C23H28N4/c1-15-4-3-5-19(12-15)27-22-9-11-26-23(16(2)24)20-7-6-17(13-21(20)22)18-8-10-25-14-18/h3-8,12-13,22,25-27H,9-11,14,24H2,1-2H3/b23-16-. The molecule has 2 aromatic carbocycles. The predicted octanol–water partition coefficient (Wildman–Crippen LogP) is 3.78. The Morgan fingerprint density at radius 2 is 2.07 bits per heavy atom. The molecular weight excluding hydrogens is 332 g/mol. The van der Waals surface area contributed by atoms with Crippen LogP contribution >= 0.6 is 0 Å². The van der Waals surface area contributed by atoms with Gasteiger partial charge in [0.2, 0.25) is 0 Å². The molecule has 0 radical (unpaired) electrons. The fraction of sp³-hybridized carbons (Fsp3) is 0.304. The van der Waals surface area contributed by atoms with Crippen LogP contribution in [0.5, 0.6) is 0 Å². The summed E-state index contributed by atoms with van der Waals surface area (Å²) in [5.74, 6) is 0. The molecule has 0 bridgehead atoms. The highest BCUT2D eigenvalue weighted by Gasteiger charge is 2.23. The second-order valence-corrected chi connectivity index (χ2v) is 7.50. The SMILES string of the molecule is C/C(N)=C1/NCCC(Nc2cccc(C)c2)c2cc(C3=CCNC3)ccc21. The number of benzene rings is 2. The third-order valence-corrected chi connectivity index (χ3v) is 5.36. The second-order valence-electron chi connectivity index (χ2n) is 7.50. The minimum absolute atomic E-state index is 0.237. The van der Waals surface area contributed by atoms with Crippen LogP contribution in [0.2, 0.25) is 0 Å². The zero-order chi connectivity index (χ0) is 18.8. The summed E-state index contributed by atoms with van der Waals surface area (Å²) in [6, 6.07) is 15.6. The van der Waals surface area contributed by atoms with Crippen LogP contribution in [0.25, 0.3) is 11.3 Å². The molecule has 4 nitrogen and oxygen atoms in total. The van der Waals surface area contributed by atoms with E-state index in [4.69, 9.17) is 5.73 Å². The lowest BCUT2D eigenvalue weighted by Gasteiger charge is -2.22. The van der Waals surface area contributed by atoms with E-state index in [0.717, 1.165) is 43.1 Å². The van der Waals surface area contributed by atoms with Crippen molar-refractivity contribution >= 4 is 17.0 Å². The molecule has 0 aliphatic carbocycles. The molecule has 0 fully saturated rings. The lowest BCUT2D eigenvalue weighted by atomic mass is 9.92. The van der Waals surface area contributed by atoms with Gasteiger partial charge in [0.15, 0.2) is 0 Å². The number of hydrogen-bond acceptors (Lipinski definition) is 4. The Bertz CT molecular complexity index is 906. The number of aryl methyl sites for hydroxylation is 1. The molecule has 27 heavy (non-hydrogen) atoms. The van der Waals surface area contributed by atoms with Crippen LogP contribution in [0, 0.1) is 6.92 Å². The van der Waals surface area contributed by atoms with Crippen LogP contribution in [0.4, 0.5) is 5.69 Å². The first-order valence-electron chi connectivity index (χ1n) is 9.69. The van der Waals surface area contributed by atoms with Gasteiger partial charge in [0.1, 0.15) is 0 Å². The van der Waals surface area contributed by atoms with Gasteiger partial charge in [0.05, 0.1) is 11.7 Å². The first kappa shape index (κ1) is 17.7. The van der Waals surface area contributed by atoms with Gasteiger partial charge in [0.25, 0.3) is 0 Å². The minimum atomic E-state index is 0.237. The molecule has 1 unspecified atom stereocenters. The van der Waals surface area contributed by atoms with Crippen molar-refractivity contribution in [2.45, 2.75) is 26.3 Å². The first-order chi connectivity index (χ1) is 13.1. The van der Waals surface area contributed by atoms with Gasteiger partial charge in [-0.05, 0) is 60.7 Å². The van der Waals surface area contributed by atoms with Gasteiger partial charge < -0.3 is 21.7 Å². The lowest BCUT2D eigenvalue weighted by molar-refractivity contribution is 0.682.